The molecule has 156 valence electrons. The molecule has 0 aromatic heterocycles. The number of hydroxylamine groups is 1. The van der Waals surface area contributed by atoms with Crippen LogP contribution in [0, 0.1) is 0 Å². The van der Waals surface area contributed by atoms with Gasteiger partial charge < -0.3 is 9.26 Å². The Balaban J connectivity index is 1.96. The van der Waals surface area contributed by atoms with Crippen LogP contribution in [0.15, 0.2) is 53.4 Å². The van der Waals surface area contributed by atoms with Crippen LogP contribution in [-0.4, -0.2) is 40.1 Å². The van der Waals surface area contributed by atoms with Crippen LogP contribution in [0.4, 0.5) is 0 Å². The second kappa shape index (κ2) is 8.27. The van der Waals surface area contributed by atoms with E-state index in [2.05, 4.69) is 5.48 Å². The fourth-order valence-electron chi connectivity index (χ4n) is 3.13. The zero-order chi connectivity index (χ0) is 21.2. The molecule has 7 nitrogen and oxygen atoms in total. The second-order valence-electron chi connectivity index (χ2n) is 7.90. The number of sulfonamides is 1. The number of amides is 1. The summed E-state index contributed by atoms with van der Waals surface area (Å²) in [4.78, 5) is 13.0. The summed E-state index contributed by atoms with van der Waals surface area (Å²) < 4.78 is 38.7. The molecule has 9 heteroatoms. The molecule has 0 saturated heterocycles. The first kappa shape index (κ1) is 21.5. The van der Waals surface area contributed by atoms with Crippen molar-refractivity contribution >= 4 is 24.2 Å². The van der Waals surface area contributed by atoms with E-state index >= 15 is 0 Å². The SMILES string of the molecule is COc1ccc(S(=O)(=O)N2Cc3ccccc3C[C@@H]2C(=O)NO[Si](C)(C)C)cc1. The van der Waals surface area contributed by atoms with Crippen molar-refractivity contribution in [3.63, 3.8) is 0 Å². The van der Waals surface area contributed by atoms with Gasteiger partial charge in [0.25, 0.3) is 5.91 Å². The summed E-state index contributed by atoms with van der Waals surface area (Å²) in [5, 5.41) is 0. The van der Waals surface area contributed by atoms with Crippen molar-refractivity contribution in [3.8, 4) is 5.75 Å². The minimum atomic E-state index is -3.90. The Bertz CT molecular complexity index is 987. The van der Waals surface area contributed by atoms with E-state index < -0.39 is 30.3 Å². The van der Waals surface area contributed by atoms with Gasteiger partial charge in [0.1, 0.15) is 11.8 Å². The number of methoxy groups -OCH3 is 1. The van der Waals surface area contributed by atoms with Gasteiger partial charge in [-0.15, -0.1) is 0 Å². The van der Waals surface area contributed by atoms with Gasteiger partial charge in [-0.2, -0.15) is 4.31 Å². The molecular weight excluding hydrogens is 408 g/mol. The first-order chi connectivity index (χ1) is 13.6. The zero-order valence-corrected chi connectivity index (χ0v) is 18.8. The lowest BCUT2D eigenvalue weighted by Gasteiger charge is -2.35. The van der Waals surface area contributed by atoms with E-state index in [-0.39, 0.29) is 17.9 Å². The summed E-state index contributed by atoms with van der Waals surface area (Å²) in [5.41, 5.74) is 4.34. The number of fused-ring (bicyclic) bond motifs is 1. The molecule has 0 spiro atoms. The molecule has 0 bridgehead atoms. The van der Waals surface area contributed by atoms with Gasteiger partial charge in [-0.1, -0.05) is 24.3 Å². The largest absolute Gasteiger partial charge is 0.497 e. The molecule has 0 fully saturated rings. The third-order valence-corrected chi connectivity index (χ3v) is 7.22. The minimum Gasteiger partial charge on any atom is -0.497 e. The van der Waals surface area contributed by atoms with Crippen molar-refractivity contribution in [2.45, 2.75) is 43.5 Å². The zero-order valence-electron chi connectivity index (χ0n) is 17.0. The number of nitrogens with one attached hydrogen (secondary N) is 1. The smallest absolute Gasteiger partial charge is 0.261 e. The molecule has 1 atom stereocenters. The number of benzene rings is 2. The summed E-state index contributed by atoms with van der Waals surface area (Å²) in [7, 11) is -4.40. The standard InChI is InChI=1S/C20H26N2O5SSi/c1-26-17-9-11-18(12-10-17)28(24,25)22-14-16-8-6-5-7-15(16)13-19(22)20(23)21-27-29(2,3)4/h5-12,19H,13-14H2,1-4H3,(H,21,23)/t19-/m1/s1. The molecule has 2 aromatic carbocycles. The Labute approximate surface area is 172 Å². The molecule has 1 amide bonds. The first-order valence-corrected chi connectivity index (χ1v) is 14.2. The van der Waals surface area contributed by atoms with E-state index in [9.17, 15) is 13.2 Å². The maximum Gasteiger partial charge on any atom is 0.261 e. The van der Waals surface area contributed by atoms with Crippen molar-refractivity contribution < 1.29 is 22.5 Å². The number of hydrogen-bond acceptors (Lipinski definition) is 5. The third kappa shape index (κ3) is 4.87. The van der Waals surface area contributed by atoms with E-state index in [4.69, 9.17) is 9.26 Å². The van der Waals surface area contributed by atoms with Crippen LogP contribution >= 0.6 is 0 Å². The molecule has 0 aliphatic carbocycles. The number of ether oxygens (including phenoxy) is 1. The summed E-state index contributed by atoms with van der Waals surface area (Å²) in [6.07, 6.45) is 0.284. The fourth-order valence-corrected chi connectivity index (χ4v) is 5.10. The van der Waals surface area contributed by atoms with Crippen LogP contribution in [-0.2, 0) is 32.3 Å². The third-order valence-electron chi connectivity index (χ3n) is 4.63. The van der Waals surface area contributed by atoms with Crippen molar-refractivity contribution in [1.82, 2.24) is 9.79 Å². The van der Waals surface area contributed by atoms with Crippen molar-refractivity contribution in [2.75, 3.05) is 7.11 Å². The van der Waals surface area contributed by atoms with E-state index in [1.807, 2.05) is 43.9 Å². The van der Waals surface area contributed by atoms with Gasteiger partial charge in [-0.25, -0.2) is 13.9 Å². The predicted molar refractivity (Wildman–Crippen MR) is 112 cm³/mol. The Morgan fingerprint density at radius 3 is 2.28 bits per heavy atom. The molecule has 3 rings (SSSR count). The molecule has 0 radical (unpaired) electrons. The Kier molecular flexibility index (Phi) is 6.13. The maximum absolute atomic E-state index is 13.4. The Morgan fingerprint density at radius 2 is 1.69 bits per heavy atom. The van der Waals surface area contributed by atoms with Gasteiger partial charge in [0.2, 0.25) is 18.3 Å². The van der Waals surface area contributed by atoms with E-state index in [1.165, 1.54) is 23.5 Å². The highest BCUT2D eigenvalue weighted by atomic mass is 32.2. The fraction of sp³-hybridized carbons (Fsp3) is 0.350. The summed E-state index contributed by atoms with van der Waals surface area (Å²) in [6.45, 7) is 5.94. The molecule has 29 heavy (non-hydrogen) atoms. The molecule has 2 aromatic rings. The highest BCUT2D eigenvalue weighted by molar-refractivity contribution is 7.89. The molecule has 0 saturated carbocycles. The summed E-state index contributed by atoms with van der Waals surface area (Å²) in [5.74, 6) is 0.102. The van der Waals surface area contributed by atoms with Crippen molar-refractivity contribution in [1.29, 1.82) is 0 Å². The Hall–Kier alpha value is -2.20. The van der Waals surface area contributed by atoms with Crippen LogP contribution in [0.3, 0.4) is 0 Å². The topological polar surface area (TPSA) is 84.9 Å². The van der Waals surface area contributed by atoms with E-state index in [0.717, 1.165) is 11.1 Å². The Morgan fingerprint density at radius 1 is 1.07 bits per heavy atom. The number of rotatable bonds is 6. The number of hydrogen-bond donors (Lipinski definition) is 1. The van der Waals surface area contributed by atoms with Crippen molar-refractivity contribution in [2.24, 2.45) is 0 Å². The summed E-state index contributed by atoms with van der Waals surface area (Å²) >= 11 is 0. The lowest BCUT2D eigenvalue weighted by molar-refractivity contribution is -0.132. The average molecular weight is 435 g/mol. The second-order valence-corrected chi connectivity index (χ2v) is 14.2. The highest BCUT2D eigenvalue weighted by Gasteiger charge is 2.40. The molecule has 1 N–H and O–H groups in total. The number of carbonyl (C=O) groups is 1. The van der Waals surface area contributed by atoms with Gasteiger partial charge >= 0.3 is 0 Å². The van der Waals surface area contributed by atoms with Gasteiger partial charge in [-0.3, -0.25) is 4.79 Å². The highest BCUT2D eigenvalue weighted by Crippen LogP contribution is 2.30. The van der Waals surface area contributed by atoms with Crippen LogP contribution in [0.2, 0.25) is 19.6 Å². The summed E-state index contributed by atoms with van der Waals surface area (Å²) in [6, 6.07) is 12.8. The first-order valence-electron chi connectivity index (χ1n) is 9.32. The van der Waals surface area contributed by atoms with Crippen LogP contribution in [0.25, 0.3) is 0 Å². The van der Waals surface area contributed by atoms with Gasteiger partial charge in [0, 0.05) is 6.54 Å². The van der Waals surface area contributed by atoms with Gasteiger partial charge in [0.05, 0.1) is 12.0 Å². The van der Waals surface area contributed by atoms with E-state index in [0.29, 0.717) is 5.75 Å². The van der Waals surface area contributed by atoms with Crippen LogP contribution < -0.4 is 10.2 Å². The van der Waals surface area contributed by atoms with E-state index in [1.54, 1.807) is 12.1 Å². The normalized spacial score (nSPS) is 17.4. The molecule has 1 aliphatic heterocycles. The molecule has 1 heterocycles. The quantitative estimate of drug-likeness (QED) is 0.558. The maximum atomic E-state index is 13.4. The van der Waals surface area contributed by atoms with Gasteiger partial charge in [0.15, 0.2) is 0 Å². The minimum absolute atomic E-state index is 0.113. The lowest BCUT2D eigenvalue weighted by Crippen LogP contribution is -2.53. The monoisotopic (exact) mass is 434 g/mol. The average Bonchev–Trinajstić information content (AvgIpc) is 2.70. The molecule has 1 aliphatic rings. The molecule has 0 unspecified atom stereocenters. The number of nitrogens with zero attached hydrogens (tertiary/aromatic N) is 1. The predicted octanol–water partition coefficient (Wildman–Crippen LogP) is 2.69. The van der Waals surface area contributed by atoms with Gasteiger partial charge in [-0.05, 0) is 61.5 Å². The molecular formula is C20H26N2O5SSi. The number of carbonyl (C=O) groups excluding carboxylic acids is 1. The van der Waals surface area contributed by atoms with Crippen molar-refractivity contribution in [3.05, 3.63) is 59.7 Å². The lowest BCUT2D eigenvalue weighted by atomic mass is 9.95. The van der Waals surface area contributed by atoms with Crippen LogP contribution in [0.5, 0.6) is 5.75 Å². The van der Waals surface area contributed by atoms with Crippen LogP contribution in [0.1, 0.15) is 11.1 Å².